The van der Waals surface area contributed by atoms with Crippen molar-refractivity contribution >= 4 is 17.6 Å². The average Bonchev–Trinajstić information content (AvgIpc) is 2.83. The largest absolute Gasteiger partial charge is 0.497 e. The summed E-state index contributed by atoms with van der Waals surface area (Å²) in [6.07, 6.45) is 0. The van der Waals surface area contributed by atoms with Gasteiger partial charge >= 0.3 is 11.9 Å². The predicted octanol–water partition coefficient (Wildman–Crippen LogP) is 3.30. The van der Waals surface area contributed by atoms with Gasteiger partial charge in [0, 0.05) is 31.9 Å². The van der Waals surface area contributed by atoms with Gasteiger partial charge in [0.25, 0.3) is 0 Å². The SMILES string of the molecule is CCOC(=O)C(C(=O)OCC)[C@H](c1ccc(OC)cc1)N1CCN(c2ccccc2)CC1. The third-order valence-corrected chi connectivity index (χ3v) is 5.68. The van der Waals surface area contributed by atoms with Crippen LogP contribution in [0.15, 0.2) is 54.6 Å². The number of hydrogen-bond acceptors (Lipinski definition) is 7. The van der Waals surface area contributed by atoms with Gasteiger partial charge in [-0.15, -0.1) is 0 Å². The van der Waals surface area contributed by atoms with Crippen LogP contribution in [0.1, 0.15) is 25.5 Å². The second kappa shape index (κ2) is 11.5. The second-order valence-corrected chi connectivity index (χ2v) is 7.56. The quantitative estimate of drug-likeness (QED) is 0.438. The number of nitrogens with zero attached hydrogens (tertiary/aromatic N) is 2. The van der Waals surface area contributed by atoms with Crippen molar-refractivity contribution in [3.63, 3.8) is 0 Å². The minimum absolute atomic E-state index is 0.200. The highest BCUT2D eigenvalue weighted by Gasteiger charge is 2.42. The Balaban J connectivity index is 1.90. The number of benzene rings is 2. The highest BCUT2D eigenvalue weighted by Crippen LogP contribution is 2.33. The van der Waals surface area contributed by atoms with Gasteiger partial charge in [0.15, 0.2) is 5.92 Å². The average molecular weight is 441 g/mol. The summed E-state index contributed by atoms with van der Waals surface area (Å²) in [7, 11) is 1.61. The maximum atomic E-state index is 12.9. The van der Waals surface area contributed by atoms with Crippen molar-refractivity contribution in [1.82, 2.24) is 4.90 Å². The van der Waals surface area contributed by atoms with E-state index in [1.165, 1.54) is 5.69 Å². The topological polar surface area (TPSA) is 68.3 Å². The standard InChI is InChI=1S/C25H32N2O5/c1-4-31-24(28)22(25(29)32-5-2)23(19-11-13-21(30-3)14-12-19)27-17-15-26(16-18-27)20-9-7-6-8-10-20/h6-14,22-23H,4-5,15-18H2,1-3H3/t23-/m0/s1. The molecule has 7 nitrogen and oxygen atoms in total. The molecule has 2 aromatic carbocycles. The summed E-state index contributed by atoms with van der Waals surface area (Å²) in [5.41, 5.74) is 2.02. The van der Waals surface area contributed by atoms with Crippen molar-refractivity contribution in [1.29, 1.82) is 0 Å². The zero-order chi connectivity index (χ0) is 22.9. The molecule has 0 saturated carbocycles. The summed E-state index contributed by atoms with van der Waals surface area (Å²) in [6.45, 7) is 6.84. The number of anilines is 1. The molecule has 1 aliphatic heterocycles. The molecule has 0 amide bonds. The van der Waals surface area contributed by atoms with E-state index in [2.05, 4.69) is 21.9 Å². The van der Waals surface area contributed by atoms with Crippen molar-refractivity contribution in [2.75, 3.05) is 51.4 Å². The number of ether oxygens (including phenoxy) is 3. The van der Waals surface area contributed by atoms with Gasteiger partial charge in [-0.2, -0.15) is 0 Å². The Morgan fingerprint density at radius 3 is 1.91 bits per heavy atom. The van der Waals surface area contributed by atoms with Crippen LogP contribution in [0.5, 0.6) is 5.75 Å². The van der Waals surface area contributed by atoms with Gasteiger partial charge in [0.05, 0.1) is 26.4 Å². The van der Waals surface area contributed by atoms with Crippen molar-refractivity contribution in [3.8, 4) is 5.75 Å². The third-order valence-electron chi connectivity index (χ3n) is 5.68. The highest BCUT2D eigenvalue weighted by atomic mass is 16.6. The molecule has 172 valence electrons. The first-order chi connectivity index (χ1) is 15.6. The number of piperazine rings is 1. The smallest absolute Gasteiger partial charge is 0.322 e. The molecule has 0 aliphatic carbocycles. The number of rotatable bonds is 9. The maximum Gasteiger partial charge on any atom is 0.322 e. The minimum Gasteiger partial charge on any atom is -0.497 e. The molecular formula is C25H32N2O5. The Kier molecular flexibility index (Phi) is 8.50. The number of esters is 2. The van der Waals surface area contributed by atoms with Crippen LogP contribution < -0.4 is 9.64 Å². The van der Waals surface area contributed by atoms with Gasteiger partial charge in [-0.25, -0.2) is 0 Å². The first kappa shape index (κ1) is 23.6. The Bertz CT molecular complexity index is 846. The highest BCUT2D eigenvalue weighted by molar-refractivity contribution is 5.96. The molecule has 0 radical (unpaired) electrons. The molecule has 1 saturated heterocycles. The van der Waals surface area contributed by atoms with Gasteiger partial charge < -0.3 is 19.1 Å². The summed E-state index contributed by atoms with van der Waals surface area (Å²) < 4.78 is 15.9. The van der Waals surface area contributed by atoms with E-state index in [-0.39, 0.29) is 13.2 Å². The molecule has 0 unspecified atom stereocenters. The molecule has 1 fully saturated rings. The van der Waals surface area contributed by atoms with Gasteiger partial charge in [0.1, 0.15) is 5.75 Å². The molecule has 1 aliphatic rings. The van der Waals surface area contributed by atoms with E-state index in [0.29, 0.717) is 18.8 Å². The van der Waals surface area contributed by atoms with Crippen LogP contribution in [0.25, 0.3) is 0 Å². The zero-order valence-electron chi connectivity index (χ0n) is 19.0. The molecule has 7 heteroatoms. The monoisotopic (exact) mass is 440 g/mol. The van der Waals surface area contributed by atoms with Crippen LogP contribution >= 0.6 is 0 Å². The van der Waals surface area contributed by atoms with Crippen LogP contribution in [0.4, 0.5) is 5.69 Å². The molecule has 32 heavy (non-hydrogen) atoms. The minimum atomic E-state index is -1.06. The van der Waals surface area contributed by atoms with Crippen LogP contribution in [-0.4, -0.2) is 63.3 Å². The maximum absolute atomic E-state index is 12.9. The lowest BCUT2D eigenvalue weighted by Gasteiger charge is -2.42. The summed E-state index contributed by atoms with van der Waals surface area (Å²) in [6, 6.07) is 17.2. The molecule has 1 atom stereocenters. The van der Waals surface area contributed by atoms with Crippen molar-refractivity contribution in [2.24, 2.45) is 5.92 Å². The van der Waals surface area contributed by atoms with Crippen LogP contribution in [0.3, 0.4) is 0 Å². The van der Waals surface area contributed by atoms with Crippen LogP contribution in [-0.2, 0) is 19.1 Å². The van der Waals surface area contributed by atoms with Crippen molar-refractivity contribution < 1.29 is 23.8 Å². The van der Waals surface area contributed by atoms with E-state index >= 15 is 0 Å². The molecule has 0 spiro atoms. The number of carbonyl (C=O) groups is 2. The lowest BCUT2D eigenvalue weighted by atomic mass is 9.90. The van der Waals surface area contributed by atoms with E-state index in [4.69, 9.17) is 14.2 Å². The summed E-state index contributed by atoms with van der Waals surface area (Å²) in [4.78, 5) is 30.4. The number of methoxy groups -OCH3 is 1. The van der Waals surface area contributed by atoms with E-state index in [1.807, 2.05) is 42.5 Å². The fraction of sp³-hybridized carbons (Fsp3) is 0.440. The molecule has 2 aromatic rings. The van der Waals surface area contributed by atoms with Crippen molar-refractivity contribution in [3.05, 3.63) is 60.2 Å². The molecular weight excluding hydrogens is 408 g/mol. The number of hydrogen-bond donors (Lipinski definition) is 0. The predicted molar refractivity (Wildman–Crippen MR) is 123 cm³/mol. The summed E-state index contributed by atoms with van der Waals surface area (Å²) in [5.74, 6) is -1.47. The van der Waals surface area contributed by atoms with Gasteiger partial charge in [-0.1, -0.05) is 30.3 Å². The lowest BCUT2D eigenvalue weighted by Crippen LogP contribution is -2.51. The van der Waals surface area contributed by atoms with E-state index < -0.39 is 23.9 Å². The zero-order valence-corrected chi connectivity index (χ0v) is 19.0. The third kappa shape index (κ3) is 5.59. The molecule has 0 aromatic heterocycles. The van der Waals surface area contributed by atoms with E-state index in [1.54, 1.807) is 21.0 Å². The van der Waals surface area contributed by atoms with Crippen molar-refractivity contribution in [2.45, 2.75) is 19.9 Å². The second-order valence-electron chi connectivity index (χ2n) is 7.56. The van der Waals surface area contributed by atoms with E-state index in [0.717, 1.165) is 18.7 Å². The Labute approximate surface area is 189 Å². The normalized spacial score (nSPS) is 15.3. The van der Waals surface area contributed by atoms with E-state index in [9.17, 15) is 9.59 Å². The van der Waals surface area contributed by atoms with Gasteiger partial charge in [-0.3, -0.25) is 14.5 Å². The molecule has 3 rings (SSSR count). The lowest BCUT2D eigenvalue weighted by molar-refractivity contribution is -0.165. The fourth-order valence-corrected chi connectivity index (χ4v) is 4.13. The molecule has 1 heterocycles. The van der Waals surface area contributed by atoms with Gasteiger partial charge in [0.2, 0.25) is 0 Å². The Morgan fingerprint density at radius 2 is 1.41 bits per heavy atom. The van der Waals surface area contributed by atoms with Crippen LogP contribution in [0, 0.1) is 5.92 Å². The summed E-state index contributed by atoms with van der Waals surface area (Å²) in [5, 5.41) is 0. The Morgan fingerprint density at radius 1 is 0.844 bits per heavy atom. The molecule has 0 bridgehead atoms. The summed E-state index contributed by atoms with van der Waals surface area (Å²) >= 11 is 0. The van der Waals surface area contributed by atoms with Gasteiger partial charge in [-0.05, 0) is 43.7 Å². The first-order valence-corrected chi connectivity index (χ1v) is 11.1. The molecule has 0 N–H and O–H groups in total. The Hall–Kier alpha value is -3.06. The van der Waals surface area contributed by atoms with Crippen LogP contribution in [0.2, 0.25) is 0 Å². The first-order valence-electron chi connectivity index (χ1n) is 11.1. The number of carbonyl (C=O) groups excluding carboxylic acids is 2. The fourth-order valence-electron chi connectivity index (χ4n) is 4.13. The number of para-hydroxylation sites is 1.